The number of carbonyl (C=O) groups is 2. The maximum Gasteiger partial charge on any atom is 0.407 e. The third-order valence-electron chi connectivity index (χ3n) is 14.2. The molecule has 2 unspecified atom stereocenters. The van der Waals surface area contributed by atoms with Crippen molar-refractivity contribution < 1.29 is 71.5 Å². The first-order chi connectivity index (χ1) is 31.6. The molecule has 0 aliphatic heterocycles. The topological polar surface area (TPSA) is 95.1 Å². The average Bonchev–Trinajstić information content (AvgIpc) is 3.24. The monoisotopic (exact) mass is 1100 g/mol. The second kappa shape index (κ2) is 43.9. The van der Waals surface area contributed by atoms with Gasteiger partial charge >= 0.3 is 12.2 Å². The molecule has 2 N–H and O–H groups in total. The number of likely N-dealkylation sites (N-methyl/N-ethyl adjacent to an activating group) is 2. The first kappa shape index (κ1) is 69.4. The summed E-state index contributed by atoms with van der Waals surface area (Å²) in [5.74, 6) is 0. The molecular formula is C56H113Br2N4O6-. The third kappa shape index (κ3) is 43.0. The predicted octanol–water partition coefficient (Wildman–Crippen LogP) is 8.34. The molecule has 0 aromatic rings. The van der Waals surface area contributed by atoms with E-state index in [1.54, 1.807) is 6.61 Å². The second-order valence-corrected chi connectivity index (χ2v) is 23.1. The number of hydrogen-bond donors (Lipinski definition) is 2. The van der Waals surface area contributed by atoms with Crippen LogP contribution in [-0.2, 0) is 18.9 Å². The summed E-state index contributed by atoms with van der Waals surface area (Å²) in [6, 6.07) is -0.0447. The van der Waals surface area contributed by atoms with E-state index in [0.717, 1.165) is 47.9 Å². The zero-order valence-electron chi connectivity index (χ0n) is 46.2. The summed E-state index contributed by atoms with van der Waals surface area (Å²) >= 11 is 0. The number of nitrogens with zero attached hydrogens (tertiary/aromatic N) is 2. The van der Waals surface area contributed by atoms with Crippen molar-refractivity contribution in [3.05, 3.63) is 6.61 Å². The molecule has 408 valence electrons. The van der Waals surface area contributed by atoms with Crippen LogP contribution in [0.3, 0.4) is 0 Å². The minimum Gasteiger partial charge on any atom is -1.00 e. The van der Waals surface area contributed by atoms with Gasteiger partial charge in [-0.05, 0) is 62.4 Å². The Labute approximate surface area is 443 Å². The smallest absolute Gasteiger partial charge is 0.407 e. The van der Waals surface area contributed by atoms with Crippen molar-refractivity contribution in [2.75, 3.05) is 93.9 Å². The lowest BCUT2D eigenvalue weighted by Gasteiger charge is -2.46. The van der Waals surface area contributed by atoms with Crippen LogP contribution in [0.25, 0.3) is 0 Å². The molecule has 0 heterocycles. The summed E-state index contributed by atoms with van der Waals surface area (Å²) < 4.78 is 24.4. The highest BCUT2D eigenvalue weighted by Crippen LogP contribution is 2.45. The predicted molar refractivity (Wildman–Crippen MR) is 279 cm³/mol. The molecule has 0 bridgehead atoms. The summed E-state index contributed by atoms with van der Waals surface area (Å²) in [5.41, 5.74) is -0.200. The normalized spacial score (nSPS) is 17.0. The molecule has 0 radical (unpaired) electrons. The number of hydrogen-bond acceptors (Lipinski definition) is 6. The van der Waals surface area contributed by atoms with Crippen molar-refractivity contribution in [3.8, 4) is 0 Å². The summed E-state index contributed by atoms with van der Waals surface area (Å²) in [5, 5.41) is 6.08. The number of rotatable bonds is 45. The standard InChI is InChI=1S/C56H112N4O6.2BrH/c1-10-12-14-16-18-20-22-24-26-28-30-32-34-36-38-59(6,7)40-42-63-44-46-65-53(61)57-51-56(5)49-52(48-55(3,4)50-56)58-54(62)66-47-45-64-43-41-60(8,9)39-37-35-33-31-29-27-25-23-21-19-17-15-13-11-2;;/h44,52H,10-43,45-51H2,1-9H3,(H-,57,58,61,62);2*1H/p-1. The number of ether oxygens (including phenoxy) is 4. The van der Waals surface area contributed by atoms with Crippen molar-refractivity contribution in [2.24, 2.45) is 10.8 Å². The van der Waals surface area contributed by atoms with Crippen LogP contribution in [0.5, 0.6) is 0 Å². The summed E-state index contributed by atoms with van der Waals surface area (Å²) in [6.45, 7) is 19.4. The number of alkyl carbamates (subject to hydrolysis) is 2. The fourth-order valence-electron chi connectivity index (χ4n) is 10.3. The van der Waals surface area contributed by atoms with Crippen LogP contribution < -0.4 is 44.6 Å². The number of quaternary nitrogens is 2. The van der Waals surface area contributed by atoms with E-state index in [0.29, 0.717) is 26.4 Å². The molecule has 1 fully saturated rings. The van der Waals surface area contributed by atoms with E-state index in [1.165, 1.54) is 186 Å². The largest absolute Gasteiger partial charge is 1.00 e. The van der Waals surface area contributed by atoms with E-state index in [4.69, 9.17) is 18.9 Å². The molecule has 0 saturated heterocycles. The van der Waals surface area contributed by atoms with E-state index >= 15 is 0 Å². The quantitative estimate of drug-likeness (QED) is 0.0362. The maximum atomic E-state index is 12.8. The molecule has 2 atom stereocenters. The van der Waals surface area contributed by atoms with E-state index in [2.05, 4.69) is 73.4 Å². The van der Waals surface area contributed by atoms with Gasteiger partial charge in [-0.15, -0.1) is 0 Å². The fourth-order valence-corrected chi connectivity index (χ4v) is 10.3. The van der Waals surface area contributed by atoms with Gasteiger partial charge in [0.15, 0.2) is 0 Å². The average molecular weight is 1100 g/mol. The molecule has 1 saturated carbocycles. The van der Waals surface area contributed by atoms with Crippen molar-refractivity contribution in [3.63, 3.8) is 0 Å². The Morgan fingerprint density at radius 3 is 1.37 bits per heavy atom. The van der Waals surface area contributed by atoms with Crippen molar-refractivity contribution in [2.45, 2.75) is 240 Å². The highest BCUT2D eigenvalue weighted by Gasteiger charge is 2.42. The number of amides is 2. The lowest BCUT2D eigenvalue weighted by atomic mass is 9.62. The molecular weight excluding hydrogens is 984 g/mol. The Morgan fingerprint density at radius 1 is 0.515 bits per heavy atom. The van der Waals surface area contributed by atoms with Gasteiger partial charge in [-0.1, -0.05) is 189 Å². The lowest BCUT2D eigenvalue weighted by Crippen LogP contribution is -3.00. The number of unbranched alkanes of at least 4 members (excludes halogenated alkanes) is 26. The Morgan fingerprint density at radius 2 is 0.926 bits per heavy atom. The fraction of sp³-hybridized carbons (Fsp3) is 0.946. The Balaban J connectivity index is 0. The van der Waals surface area contributed by atoms with Crippen LogP contribution in [0.2, 0.25) is 0 Å². The highest BCUT2D eigenvalue weighted by molar-refractivity contribution is 5.68. The molecule has 12 heteroatoms. The lowest BCUT2D eigenvalue weighted by molar-refractivity contribution is -0.891. The summed E-state index contributed by atoms with van der Waals surface area (Å²) in [7, 11) is 9.10. The number of carbonyl (C=O) groups excluding carboxylic acids is 2. The van der Waals surface area contributed by atoms with Gasteiger partial charge in [-0.3, -0.25) is 0 Å². The van der Waals surface area contributed by atoms with Crippen molar-refractivity contribution >= 4 is 12.2 Å². The van der Waals surface area contributed by atoms with Crippen LogP contribution in [0.1, 0.15) is 234 Å². The van der Waals surface area contributed by atoms with Crippen LogP contribution in [0, 0.1) is 17.4 Å². The van der Waals surface area contributed by atoms with E-state index in [-0.39, 0.29) is 64.0 Å². The second-order valence-electron chi connectivity index (χ2n) is 23.1. The van der Waals surface area contributed by atoms with Crippen LogP contribution >= 0.6 is 0 Å². The SMILES string of the molecule is CCCCCCCCCCCCCCCC[N+](C)(C)CCO[CH-]COC(=O)NCC1(C)CC(NC(=O)OCCOCC[N+](C)(C)CCCCCCCCCCCCCCCC)CC(C)(C)C1.[Br-].[Br-]. The van der Waals surface area contributed by atoms with Crippen LogP contribution in [0.4, 0.5) is 9.59 Å². The third-order valence-corrected chi connectivity index (χ3v) is 14.2. The molecule has 1 aliphatic carbocycles. The van der Waals surface area contributed by atoms with Gasteiger partial charge in [0.1, 0.15) is 13.2 Å². The van der Waals surface area contributed by atoms with E-state index < -0.39 is 12.2 Å². The van der Waals surface area contributed by atoms with Crippen LogP contribution in [0.15, 0.2) is 0 Å². The van der Waals surface area contributed by atoms with Gasteiger partial charge in [-0.2, -0.15) is 6.61 Å². The Bertz CT molecular complexity index is 1160. The minimum atomic E-state index is -0.450. The summed E-state index contributed by atoms with van der Waals surface area (Å²) in [4.78, 5) is 25.4. The Kier molecular flexibility index (Phi) is 44.8. The molecule has 1 aliphatic rings. The van der Waals surface area contributed by atoms with Crippen LogP contribution in [-0.4, -0.2) is 121 Å². The van der Waals surface area contributed by atoms with Gasteiger partial charge in [0.25, 0.3) is 0 Å². The van der Waals surface area contributed by atoms with Gasteiger partial charge in [0, 0.05) is 12.6 Å². The molecule has 68 heavy (non-hydrogen) atoms. The van der Waals surface area contributed by atoms with Gasteiger partial charge in [0.2, 0.25) is 0 Å². The van der Waals surface area contributed by atoms with Gasteiger partial charge in [0.05, 0.1) is 67.6 Å². The van der Waals surface area contributed by atoms with Gasteiger partial charge < -0.3 is 72.5 Å². The number of halogens is 2. The maximum absolute atomic E-state index is 12.8. The molecule has 0 aromatic carbocycles. The molecule has 10 nitrogen and oxygen atoms in total. The number of nitrogens with one attached hydrogen (secondary N) is 2. The first-order valence-corrected chi connectivity index (χ1v) is 28.1. The molecule has 1 rings (SSSR count). The molecule has 0 aromatic heterocycles. The summed E-state index contributed by atoms with van der Waals surface area (Å²) in [6.07, 6.45) is 40.4. The van der Waals surface area contributed by atoms with E-state index in [1.807, 2.05) is 0 Å². The van der Waals surface area contributed by atoms with E-state index in [9.17, 15) is 9.59 Å². The molecule has 2 amide bonds. The van der Waals surface area contributed by atoms with Crippen molar-refractivity contribution in [1.29, 1.82) is 0 Å². The minimum absolute atomic E-state index is 0. The van der Waals surface area contributed by atoms with Gasteiger partial charge in [-0.25, -0.2) is 9.59 Å². The zero-order chi connectivity index (χ0) is 48.7. The highest BCUT2D eigenvalue weighted by atomic mass is 79.9. The molecule has 0 spiro atoms. The first-order valence-electron chi connectivity index (χ1n) is 28.1. The zero-order valence-corrected chi connectivity index (χ0v) is 49.4. The van der Waals surface area contributed by atoms with Crippen molar-refractivity contribution in [1.82, 2.24) is 10.6 Å². The Hall–Kier alpha value is -0.660.